The molecule has 1 atom stereocenters. The average molecular weight is 507 g/mol. The number of amides is 4. The number of rotatable bonds is 10. The fraction of sp³-hybridized carbons (Fsp3) is 0.583. The molecule has 0 fully saturated rings. The lowest BCUT2D eigenvalue weighted by Crippen LogP contribution is -2.43. The van der Waals surface area contributed by atoms with Crippen LogP contribution in [0.15, 0.2) is 29.4 Å². The van der Waals surface area contributed by atoms with Crippen LogP contribution in [0.2, 0.25) is 0 Å². The van der Waals surface area contributed by atoms with Crippen molar-refractivity contribution in [3.8, 4) is 0 Å². The Morgan fingerprint density at radius 2 is 1.94 bits per heavy atom. The van der Waals surface area contributed by atoms with Gasteiger partial charge in [0.1, 0.15) is 11.3 Å². The number of alkyl carbamates (subject to hydrolysis) is 1. The number of likely N-dealkylation sites (N-methyl/N-ethyl adjacent to an activating group) is 1. The van der Waals surface area contributed by atoms with Gasteiger partial charge in [0.25, 0.3) is 5.91 Å². The van der Waals surface area contributed by atoms with Gasteiger partial charge in [-0.05, 0) is 58.3 Å². The molecular weight excluding hydrogens is 468 g/mol. The predicted molar refractivity (Wildman–Crippen MR) is 138 cm³/mol. The molecule has 0 saturated carbocycles. The van der Waals surface area contributed by atoms with Gasteiger partial charge in [0.05, 0.1) is 11.7 Å². The van der Waals surface area contributed by atoms with Gasteiger partial charge in [0.15, 0.2) is 0 Å². The smallest absolute Gasteiger partial charge is 0.411 e. The van der Waals surface area contributed by atoms with Gasteiger partial charge in [-0.1, -0.05) is 13.0 Å². The zero-order valence-electron chi connectivity index (χ0n) is 21.5. The molecule has 11 heteroatoms. The molecule has 194 valence electrons. The van der Waals surface area contributed by atoms with Crippen molar-refractivity contribution in [2.45, 2.75) is 52.3 Å². The van der Waals surface area contributed by atoms with E-state index in [0.29, 0.717) is 31.1 Å². The number of nitrogens with zero attached hydrogens (tertiary/aromatic N) is 3. The minimum Gasteiger partial charge on any atom is -0.444 e. The lowest BCUT2D eigenvalue weighted by Gasteiger charge is -2.25. The Balaban J connectivity index is 1.97. The van der Waals surface area contributed by atoms with Crippen molar-refractivity contribution in [3.63, 3.8) is 0 Å². The molecule has 1 aliphatic rings. The average Bonchev–Trinajstić information content (AvgIpc) is 3.19. The van der Waals surface area contributed by atoms with E-state index >= 15 is 0 Å². The number of hydrogen-bond donors (Lipinski definition) is 3. The normalized spacial score (nSPS) is 15.4. The van der Waals surface area contributed by atoms with Gasteiger partial charge in [-0.3, -0.25) is 15.1 Å². The Hall–Kier alpha value is -2.79. The van der Waals surface area contributed by atoms with Crippen LogP contribution < -0.4 is 16.0 Å². The molecule has 0 radical (unpaired) electrons. The molecule has 0 bridgehead atoms. The molecule has 0 aromatic carbocycles. The highest BCUT2D eigenvalue weighted by Crippen LogP contribution is 2.21. The van der Waals surface area contributed by atoms with Gasteiger partial charge in [-0.25, -0.2) is 9.59 Å². The van der Waals surface area contributed by atoms with Crippen LogP contribution in [0.4, 0.5) is 9.59 Å². The summed E-state index contributed by atoms with van der Waals surface area (Å²) in [7, 11) is 3.92. The number of ether oxygens (including phenoxy) is 1. The van der Waals surface area contributed by atoms with E-state index in [1.165, 1.54) is 11.8 Å². The first-order chi connectivity index (χ1) is 16.5. The summed E-state index contributed by atoms with van der Waals surface area (Å²) in [6, 6.07) is 2.97. The quantitative estimate of drug-likeness (QED) is 0.447. The molecule has 2 heterocycles. The predicted octanol–water partition coefficient (Wildman–Crippen LogP) is 2.78. The minimum absolute atomic E-state index is 0.119. The van der Waals surface area contributed by atoms with Crippen molar-refractivity contribution >= 4 is 29.8 Å². The fourth-order valence-corrected chi connectivity index (χ4v) is 4.04. The summed E-state index contributed by atoms with van der Waals surface area (Å²) in [4.78, 5) is 45.5. The Bertz CT molecular complexity index is 898. The number of hydrogen-bond acceptors (Lipinski definition) is 7. The van der Waals surface area contributed by atoms with Crippen molar-refractivity contribution in [2.24, 2.45) is 0 Å². The second-order valence-corrected chi connectivity index (χ2v) is 10.5. The zero-order chi connectivity index (χ0) is 26.0. The van der Waals surface area contributed by atoms with E-state index < -0.39 is 11.7 Å². The molecule has 1 aromatic heterocycles. The van der Waals surface area contributed by atoms with Crippen LogP contribution >= 0.6 is 11.8 Å². The number of pyridine rings is 1. The van der Waals surface area contributed by atoms with Crippen LogP contribution in [0.3, 0.4) is 0 Å². The summed E-state index contributed by atoms with van der Waals surface area (Å²) in [6.45, 7) is 9.70. The summed E-state index contributed by atoms with van der Waals surface area (Å²) < 4.78 is 5.29. The summed E-state index contributed by atoms with van der Waals surface area (Å²) in [6.07, 6.45) is 1.92. The van der Waals surface area contributed by atoms with Gasteiger partial charge < -0.3 is 25.2 Å². The van der Waals surface area contributed by atoms with Gasteiger partial charge in [0.2, 0.25) is 0 Å². The van der Waals surface area contributed by atoms with Crippen LogP contribution in [-0.4, -0.2) is 83.9 Å². The van der Waals surface area contributed by atoms with E-state index in [4.69, 9.17) is 4.74 Å². The molecule has 1 aliphatic heterocycles. The molecular formula is C24H38N6O4S. The molecule has 0 saturated heterocycles. The minimum atomic E-state index is -0.612. The van der Waals surface area contributed by atoms with E-state index in [-0.39, 0.29) is 23.7 Å². The summed E-state index contributed by atoms with van der Waals surface area (Å²) in [5, 5.41) is 10.3. The summed E-state index contributed by atoms with van der Waals surface area (Å²) >= 11 is 1.50. The second kappa shape index (κ2) is 13.3. The van der Waals surface area contributed by atoms with E-state index in [9.17, 15) is 14.4 Å². The molecule has 0 aliphatic carbocycles. The highest BCUT2D eigenvalue weighted by molar-refractivity contribution is 8.02. The Kier molecular flexibility index (Phi) is 10.8. The van der Waals surface area contributed by atoms with Crippen molar-refractivity contribution < 1.29 is 19.1 Å². The SMILES string of the molecule is CCCNC(=O)N(CCN(C)C)Cc1ccc(C(=O)NC2CSC=C2NC(=O)OC(C)(C)C)nc1. The highest BCUT2D eigenvalue weighted by atomic mass is 32.2. The maximum atomic E-state index is 12.8. The van der Waals surface area contributed by atoms with Crippen LogP contribution in [0.25, 0.3) is 0 Å². The Morgan fingerprint density at radius 1 is 1.20 bits per heavy atom. The molecule has 1 aromatic rings. The first kappa shape index (κ1) is 28.4. The highest BCUT2D eigenvalue weighted by Gasteiger charge is 2.26. The van der Waals surface area contributed by atoms with Crippen molar-refractivity contribution in [2.75, 3.05) is 39.5 Å². The molecule has 3 N–H and O–H groups in total. The van der Waals surface area contributed by atoms with Crippen LogP contribution in [0.1, 0.15) is 50.2 Å². The molecule has 4 amide bonds. The van der Waals surface area contributed by atoms with Gasteiger partial charge >= 0.3 is 12.1 Å². The van der Waals surface area contributed by atoms with E-state index in [1.54, 1.807) is 49.4 Å². The van der Waals surface area contributed by atoms with Crippen molar-refractivity contribution in [1.29, 1.82) is 0 Å². The second-order valence-electron chi connectivity index (χ2n) is 9.57. The first-order valence-electron chi connectivity index (χ1n) is 11.7. The maximum Gasteiger partial charge on any atom is 0.411 e. The van der Waals surface area contributed by atoms with E-state index in [2.05, 4.69) is 20.9 Å². The van der Waals surface area contributed by atoms with E-state index in [0.717, 1.165) is 18.5 Å². The number of thioether (sulfide) groups is 1. The lowest BCUT2D eigenvalue weighted by molar-refractivity contribution is 0.0541. The topological polar surface area (TPSA) is 116 Å². The summed E-state index contributed by atoms with van der Waals surface area (Å²) in [5.74, 6) is 0.258. The van der Waals surface area contributed by atoms with Crippen LogP contribution in [-0.2, 0) is 11.3 Å². The van der Waals surface area contributed by atoms with E-state index in [1.807, 2.05) is 25.9 Å². The molecule has 0 spiro atoms. The molecule has 1 unspecified atom stereocenters. The van der Waals surface area contributed by atoms with Crippen LogP contribution in [0, 0.1) is 0 Å². The number of nitrogens with one attached hydrogen (secondary N) is 3. The van der Waals surface area contributed by atoms with Crippen molar-refractivity contribution in [3.05, 3.63) is 40.7 Å². The van der Waals surface area contributed by atoms with Gasteiger partial charge in [0, 0.05) is 38.1 Å². The van der Waals surface area contributed by atoms with Crippen LogP contribution in [0.5, 0.6) is 0 Å². The molecule has 2 rings (SSSR count). The fourth-order valence-electron chi connectivity index (χ4n) is 3.09. The number of carbonyl (C=O) groups is 3. The van der Waals surface area contributed by atoms with Gasteiger partial charge in [-0.2, -0.15) is 0 Å². The Labute approximate surface area is 212 Å². The Morgan fingerprint density at radius 3 is 2.54 bits per heavy atom. The number of carbonyl (C=O) groups excluding carboxylic acids is 3. The third kappa shape index (κ3) is 10.2. The number of aromatic nitrogens is 1. The maximum absolute atomic E-state index is 12.8. The molecule has 10 nitrogen and oxygen atoms in total. The third-order valence-corrected chi connectivity index (χ3v) is 5.81. The lowest BCUT2D eigenvalue weighted by atomic mass is 10.2. The van der Waals surface area contributed by atoms with Gasteiger partial charge in [-0.15, -0.1) is 11.8 Å². The number of urea groups is 1. The summed E-state index contributed by atoms with van der Waals surface area (Å²) in [5.41, 5.74) is 1.07. The zero-order valence-corrected chi connectivity index (χ0v) is 22.3. The first-order valence-corrected chi connectivity index (χ1v) is 12.8. The van der Waals surface area contributed by atoms with Crippen molar-refractivity contribution in [1.82, 2.24) is 30.7 Å². The third-order valence-electron chi connectivity index (χ3n) is 4.86. The standard InChI is InChI=1S/C24H38N6O4S/c1-7-10-25-22(32)30(12-11-29(5)6)14-17-8-9-18(26-13-17)21(31)27-19-15-35-16-20(19)28-23(33)34-24(2,3)4/h8-9,13,16,19H,7,10-12,14-15H2,1-6H3,(H,25,32)(H,27,31)(H,28,33). The monoisotopic (exact) mass is 506 g/mol. The molecule has 35 heavy (non-hydrogen) atoms. The largest absolute Gasteiger partial charge is 0.444 e.